The van der Waals surface area contributed by atoms with E-state index in [2.05, 4.69) is 10.1 Å². The van der Waals surface area contributed by atoms with Gasteiger partial charge in [-0.2, -0.15) is 10.2 Å². The number of aryl methyl sites for hydroxylation is 1. The van der Waals surface area contributed by atoms with E-state index in [0.29, 0.717) is 0 Å². The third kappa shape index (κ3) is 1.98. The Morgan fingerprint density at radius 1 is 1.50 bits per heavy atom. The second-order valence-electron chi connectivity index (χ2n) is 3.06. The largest absolute Gasteiger partial charge is 0.420 e. The van der Waals surface area contributed by atoms with Crippen LogP contribution in [0.1, 0.15) is 5.56 Å². The molecule has 6 heteroatoms. The Morgan fingerprint density at radius 2 is 2.31 bits per heavy atom. The highest BCUT2D eigenvalue weighted by atomic mass is 19.1. The molecular weight excluding hydrogens is 211 g/mol. The fourth-order valence-electron chi connectivity index (χ4n) is 1.12. The summed E-state index contributed by atoms with van der Waals surface area (Å²) in [6, 6.07) is 5.81. The molecule has 0 aliphatic carbocycles. The molecule has 0 bridgehead atoms. The number of rotatable bonds is 2. The van der Waals surface area contributed by atoms with E-state index in [1.807, 2.05) is 6.07 Å². The molecule has 0 N–H and O–H groups in total. The van der Waals surface area contributed by atoms with Crippen LogP contribution in [0.15, 0.2) is 24.5 Å². The summed E-state index contributed by atoms with van der Waals surface area (Å²) in [6.45, 7) is 0. The zero-order chi connectivity index (χ0) is 11.5. The van der Waals surface area contributed by atoms with Gasteiger partial charge in [0, 0.05) is 7.05 Å². The van der Waals surface area contributed by atoms with E-state index in [0.717, 1.165) is 6.07 Å². The molecule has 5 nitrogen and oxygen atoms in total. The summed E-state index contributed by atoms with van der Waals surface area (Å²) >= 11 is 0. The molecule has 0 fully saturated rings. The first-order valence-electron chi connectivity index (χ1n) is 4.42. The van der Waals surface area contributed by atoms with Crippen LogP contribution < -0.4 is 4.74 Å². The summed E-state index contributed by atoms with van der Waals surface area (Å²) in [4.78, 5) is 3.79. The third-order valence-corrected chi connectivity index (χ3v) is 1.84. The maximum atomic E-state index is 13.4. The second-order valence-corrected chi connectivity index (χ2v) is 3.06. The lowest BCUT2D eigenvalue weighted by molar-refractivity contribution is 0.409. The van der Waals surface area contributed by atoms with Gasteiger partial charge in [0.1, 0.15) is 6.33 Å². The first kappa shape index (κ1) is 10.1. The van der Waals surface area contributed by atoms with Crippen LogP contribution >= 0.6 is 0 Å². The summed E-state index contributed by atoms with van der Waals surface area (Å²) in [6.07, 6.45) is 1.44. The molecular formula is C10H7FN4O. The van der Waals surface area contributed by atoms with Crippen LogP contribution in [0.5, 0.6) is 11.8 Å². The Labute approximate surface area is 90.7 Å². The van der Waals surface area contributed by atoms with Gasteiger partial charge in [0.25, 0.3) is 0 Å². The van der Waals surface area contributed by atoms with Gasteiger partial charge in [-0.05, 0) is 18.2 Å². The van der Waals surface area contributed by atoms with Gasteiger partial charge >= 0.3 is 6.01 Å². The lowest BCUT2D eigenvalue weighted by Gasteiger charge is -2.01. The van der Waals surface area contributed by atoms with Gasteiger partial charge in [-0.25, -0.2) is 4.39 Å². The van der Waals surface area contributed by atoms with E-state index in [-0.39, 0.29) is 17.3 Å². The number of nitrogens with zero attached hydrogens (tertiary/aromatic N) is 4. The van der Waals surface area contributed by atoms with E-state index in [1.165, 1.54) is 23.1 Å². The molecule has 16 heavy (non-hydrogen) atoms. The summed E-state index contributed by atoms with van der Waals surface area (Å²) in [7, 11) is 1.68. The average molecular weight is 218 g/mol. The SMILES string of the molecule is Cn1cnc(Oc2ccc(C#N)cc2F)n1. The standard InChI is InChI=1S/C10H7FN4O/c1-15-6-13-10(14-15)16-9-3-2-7(5-12)4-8(9)11/h2-4,6H,1H3. The lowest BCUT2D eigenvalue weighted by atomic mass is 10.2. The van der Waals surface area contributed by atoms with Gasteiger partial charge in [-0.3, -0.25) is 4.68 Å². The Kier molecular flexibility index (Phi) is 2.52. The summed E-state index contributed by atoms with van der Waals surface area (Å²) < 4.78 is 19.9. The number of ether oxygens (including phenoxy) is 1. The Hall–Kier alpha value is -2.42. The van der Waals surface area contributed by atoms with Crippen LogP contribution in [0.2, 0.25) is 0 Å². The topological polar surface area (TPSA) is 63.7 Å². The van der Waals surface area contributed by atoms with E-state index in [4.69, 9.17) is 10.00 Å². The minimum Gasteiger partial charge on any atom is -0.420 e. The first-order chi connectivity index (χ1) is 7.69. The highest BCUT2D eigenvalue weighted by Crippen LogP contribution is 2.22. The highest BCUT2D eigenvalue weighted by molar-refractivity contribution is 5.36. The molecule has 0 aliphatic heterocycles. The van der Waals surface area contributed by atoms with Crippen molar-refractivity contribution in [3.63, 3.8) is 0 Å². The smallest absolute Gasteiger partial charge is 0.341 e. The molecule has 0 unspecified atom stereocenters. The summed E-state index contributed by atoms with van der Waals surface area (Å²) in [5, 5.41) is 12.4. The molecule has 1 aromatic heterocycles. The van der Waals surface area contributed by atoms with Crippen molar-refractivity contribution >= 4 is 0 Å². The van der Waals surface area contributed by atoms with Crippen molar-refractivity contribution in [2.24, 2.45) is 7.05 Å². The minimum absolute atomic E-state index is 0.00907. The van der Waals surface area contributed by atoms with Crippen LogP contribution in [0, 0.1) is 17.1 Å². The van der Waals surface area contributed by atoms with Crippen LogP contribution in [0.4, 0.5) is 4.39 Å². The molecule has 1 heterocycles. The molecule has 0 radical (unpaired) electrons. The van der Waals surface area contributed by atoms with E-state index in [1.54, 1.807) is 7.05 Å². The maximum Gasteiger partial charge on any atom is 0.341 e. The van der Waals surface area contributed by atoms with Gasteiger partial charge < -0.3 is 4.74 Å². The predicted molar refractivity (Wildman–Crippen MR) is 52.2 cm³/mol. The summed E-state index contributed by atoms with van der Waals surface area (Å²) in [5.74, 6) is -0.628. The second kappa shape index (κ2) is 3.98. The molecule has 0 atom stereocenters. The van der Waals surface area contributed by atoms with Crippen LogP contribution in [-0.4, -0.2) is 14.8 Å². The molecule has 80 valence electrons. The van der Waals surface area contributed by atoms with Crippen LogP contribution in [0.25, 0.3) is 0 Å². The molecule has 0 amide bonds. The normalized spacial score (nSPS) is 9.81. The van der Waals surface area contributed by atoms with E-state index < -0.39 is 5.82 Å². The van der Waals surface area contributed by atoms with Gasteiger partial charge in [0.05, 0.1) is 11.6 Å². The lowest BCUT2D eigenvalue weighted by Crippen LogP contribution is -1.92. The number of hydrogen-bond donors (Lipinski definition) is 0. The monoisotopic (exact) mass is 218 g/mol. The number of halogens is 1. The minimum atomic E-state index is -0.619. The van der Waals surface area contributed by atoms with Crippen molar-refractivity contribution in [1.82, 2.24) is 14.8 Å². The van der Waals surface area contributed by atoms with Crippen LogP contribution in [0.3, 0.4) is 0 Å². The van der Waals surface area contributed by atoms with Crippen molar-refractivity contribution < 1.29 is 9.13 Å². The number of nitriles is 1. The molecule has 0 spiro atoms. The van der Waals surface area contributed by atoms with Crippen molar-refractivity contribution in [1.29, 1.82) is 5.26 Å². The number of hydrogen-bond acceptors (Lipinski definition) is 4. The van der Waals surface area contributed by atoms with E-state index >= 15 is 0 Å². The highest BCUT2D eigenvalue weighted by Gasteiger charge is 2.08. The van der Waals surface area contributed by atoms with Gasteiger partial charge in [0.15, 0.2) is 11.6 Å². The van der Waals surface area contributed by atoms with Gasteiger partial charge in [-0.15, -0.1) is 5.10 Å². The zero-order valence-corrected chi connectivity index (χ0v) is 8.38. The zero-order valence-electron chi connectivity index (χ0n) is 8.38. The molecule has 0 saturated carbocycles. The molecule has 0 saturated heterocycles. The molecule has 2 aromatic rings. The first-order valence-corrected chi connectivity index (χ1v) is 4.42. The van der Waals surface area contributed by atoms with Crippen molar-refractivity contribution in [3.8, 4) is 17.8 Å². The third-order valence-electron chi connectivity index (χ3n) is 1.84. The molecule has 1 aromatic carbocycles. The van der Waals surface area contributed by atoms with E-state index in [9.17, 15) is 4.39 Å². The van der Waals surface area contributed by atoms with Crippen molar-refractivity contribution in [3.05, 3.63) is 35.9 Å². The fourth-order valence-corrected chi connectivity index (χ4v) is 1.12. The van der Waals surface area contributed by atoms with Gasteiger partial charge in [-0.1, -0.05) is 0 Å². The Bertz CT molecular complexity index is 558. The Morgan fingerprint density at radius 3 is 2.88 bits per heavy atom. The van der Waals surface area contributed by atoms with Crippen molar-refractivity contribution in [2.75, 3.05) is 0 Å². The number of benzene rings is 1. The predicted octanol–water partition coefficient (Wildman–Crippen LogP) is 1.62. The number of aromatic nitrogens is 3. The quantitative estimate of drug-likeness (QED) is 0.768. The average Bonchev–Trinajstić information content (AvgIpc) is 2.67. The fraction of sp³-hybridized carbons (Fsp3) is 0.100. The van der Waals surface area contributed by atoms with Crippen molar-refractivity contribution in [2.45, 2.75) is 0 Å². The summed E-state index contributed by atoms with van der Waals surface area (Å²) in [5.41, 5.74) is 0.235. The maximum absolute atomic E-state index is 13.4. The Balaban J connectivity index is 2.26. The molecule has 2 rings (SSSR count). The molecule has 0 aliphatic rings. The van der Waals surface area contributed by atoms with Crippen LogP contribution in [-0.2, 0) is 7.05 Å². The van der Waals surface area contributed by atoms with Gasteiger partial charge in [0.2, 0.25) is 0 Å².